The van der Waals surface area contributed by atoms with E-state index in [1.54, 1.807) is 93.6 Å². The molecule has 26 nitrogen and oxygen atoms in total. The average Bonchev–Trinajstić information content (AvgIpc) is 0.849. The molecule has 114 heavy (non-hydrogen) atoms. The van der Waals surface area contributed by atoms with Gasteiger partial charge in [-0.1, -0.05) is 172 Å². The number of esters is 3. The van der Waals surface area contributed by atoms with Crippen molar-refractivity contribution in [2.24, 2.45) is 41.4 Å². The van der Waals surface area contributed by atoms with Crippen molar-refractivity contribution in [3.63, 3.8) is 0 Å². The van der Waals surface area contributed by atoms with Crippen LogP contribution in [-0.4, -0.2) is 151 Å². The van der Waals surface area contributed by atoms with Crippen LogP contribution in [0.4, 0.5) is 0 Å². The molecule has 0 saturated carbocycles. The highest BCUT2D eigenvalue weighted by atomic mass is 16.6. The van der Waals surface area contributed by atoms with Crippen molar-refractivity contribution in [2.45, 2.75) is 261 Å². The minimum Gasteiger partial charge on any atom is -0.489 e. The first-order chi connectivity index (χ1) is 54.0. The summed E-state index contributed by atoms with van der Waals surface area (Å²) in [5, 5.41) is 19.7. The summed E-state index contributed by atoms with van der Waals surface area (Å²) in [4.78, 5) is 185. The Kier molecular flexibility index (Phi) is 43.4. The second-order valence-electron chi connectivity index (χ2n) is 32.5. The Balaban J connectivity index is 1.60. The van der Waals surface area contributed by atoms with Gasteiger partial charge in [-0.15, -0.1) is 0 Å². The van der Waals surface area contributed by atoms with Gasteiger partial charge in [0.2, 0.25) is 41.4 Å². The quantitative estimate of drug-likeness (QED) is 0.0123. The van der Waals surface area contributed by atoms with Crippen LogP contribution in [0.2, 0.25) is 0 Å². The zero-order chi connectivity index (χ0) is 84.5. The molecule has 0 bridgehead atoms. The molecule has 4 aromatic carbocycles. The van der Waals surface area contributed by atoms with Crippen LogP contribution in [0.3, 0.4) is 0 Å². The highest BCUT2D eigenvalue weighted by Gasteiger charge is 2.38. The number of ketones is 3. The molecule has 0 spiro atoms. The fraction of sp³-hybridized carbons (Fsp3) is 0.580. The lowest BCUT2D eigenvalue weighted by molar-refractivity contribution is -0.157. The predicted octanol–water partition coefficient (Wildman–Crippen LogP) is 10.4. The van der Waals surface area contributed by atoms with Crippen molar-refractivity contribution in [1.29, 1.82) is 0 Å². The van der Waals surface area contributed by atoms with Gasteiger partial charge in [0, 0.05) is 58.7 Å². The number of hydrogen-bond donors (Lipinski definition) is 7. The third-order valence-corrected chi connectivity index (χ3v) is 18.3. The molecule has 0 aliphatic carbocycles. The van der Waals surface area contributed by atoms with Gasteiger partial charge in [-0.2, -0.15) is 0 Å². The van der Waals surface area contributed by atoms with Gasteiger partial charge in [-0.3, -0.25) is 62.3 Å². The second-order valence-corrected chi connectivity index (χ2v) is 32.5. The first-order valence-electron chi connectivity index (χ1n) is 40.1. The molecule has 4 rings (SSSR count). The van der Waals surface area contributed by atoms with Gasteiger partial charge >= 0.3 is 17.9 Å². The molecule has 26 heteroatoms. The molecule has 0 aromatic heterocycles. The van der Waals surface area contributed by atoms with Crippen LogP contribution >= 0.6 is 0 Å². The zero-order valence-corrected chi connectivity index (χ0v) is 69.7. The van der Waals surface area contributed by atoms with Gasteiger partial charge < -0.3 is 65.6 Å². The van der Waals surface area contributed by atoms with E-state index < -0.39 is 156 Å². The van der Waals surface area contributed by atoms with Crippen LogP contribution in [0.1, 0.15) is 209 Å². The van der Waals surface area contributed by atoms with E-state index in [1.807, 2.05) is 112 Å². The molecule has 0 radical (unpaired) electrons. The van der Waals surface area contributed by atoms with Crippen LogP contribution in [0, 0.1) is 41.4 Å². The van der Waals surface area contributed by atoms with Gasteiger partial charge in [0.25, 0.3) is 0 Å². The Morgan fingerprint density at radius 2 is 0.746 bits per heavy atom. The summed E-state index contributed by atoms with van der Waals surface area (Å²) in [6.07, 6.45) is -2.03. The molecule has 0 aliphatic rings. The lowest BCUT2D eigenvalue weighted by Crippen LogP contribution is -2.59. The highest BCUT2D eigenvalue weighted by Crippen LogP contribution is 2.24. The first-order valence-corrected chi connectivity index (χ1v) is 40.1. The Labute approximate surface area is 674 Å². The summed E-state index contributed by atoms with van der Waals surface area (Å²) in [5.41, 5.74) is 2.12. The highest BCUT2D eigenvalue weighted by molar-refractivity contribution is 5.99. The molecule has 7 N–H and O–H groups in total. The van der Waals surface area contributed by atoms with Gasteiger partial charge in [0.15, 0.2) is 17.3 Å². The van der Waals surface area contributed by atoms with E-state index in [9.17, 15) is 62.3 Å². The lowest BCUT2D eigenvalue weighted by atomic mass is 9.89. The van der Waals surface area contributed by atoms with E-state index in [2.05, 4.69) is 37.2 Å². The third kappa shape index (κ3) is 39.9. The Bertz CT molecular complexity index is 3680. The SMILES string of the molecule is COCCOCCCC(=O)[C@@H](CCC(=O)OCc1ccccc1)NC(=O)[C@H](CCC(=O)OCc1ccccc1)CC(=O)[C@@H](CC(C)C)NC(=O)[C@@H](CC(C)C)NC(=O)[C@@H](CC(C)C)NC(=O)[C@@H](CC(C)C)NC(=O)[C@@H](CC(C)C)NC(=O)[C@H](CC(=O)OC(C)(C)C)CC(=O)[C@H](Cc1ccc(OCc2ccccc2)cc1)NC(C)=O. The second kappa shape index (κ2) is 51.2. The van der Waals surface area contributed by atoms with Crippen molar-refractivity contribution < 1.29 is 90.8 Å². The first kappa shape index (κ1) is 96.7. The largest absolute Gasteiger partial charge is 0.489 e. The number of carbonyl (C=O) groups is 13. The lowest BCUT2D eigenvalue weighted by Gasteiger charge is -2.30. The summed E-state index contributed by atoms with van der Waals surface area (Å²) < 4.78 is 33.3. The normalized spacial score (nSPS) is 13.9. The predicted molar refractivity (Wildman–Crippen MR) is 432 cm³/mol. The van der Waals surface area contributed by atoms with Gasteiger partial charge in [-0.25, -0.2) is 0 Å². The number of nitrogens with one attached hydrogen (secondary N) is 7. The molecule has 4 aromatic rings. The third-order valence-electron chi connectivity index (χ3n) is 18.3. The molecule has 0 aliphatic heterocycles. The molecule has 0 saturated heterocycles. The number of amides is 7. The van der Waals surface area contributed by atoms with Crippen LogP contribution in [-0.2, 0) is 112 Å². The fourth-order valence-electron chi connectivity index (χ4n) is 12.6. The number of rotatable bonds is 54. The Hall–Kier alpha value is -9.69. The van der Waals surface area contributed by atoms with E-state index in [4.69, 9.17) is 28.4 Å². The minimum absolute atomic E-state index is 0.0196. The summed E-state index contributed by atoms with van der Waals surface area (Å²) in [6, 6.07) is 25.8. The number of hydrogen-bond acceptors (Lipinski definition) is 19. The summed E-state index contributed by atoms with van der Waals surface area (Å²) in [5.74, 6) is -12.0. The van der Waals surface area contributed by atoms with Gasteiger partial charge in [0.1, 0.15) is 55.3 Å². The average molecular weight is 1590 g/mol. The standard InChI is InChI=1S/C88H127N7O19/c1-56(2)44-70(77(98)50-66(35-39-79(100)112-54-64-28-21-17-22-29-64)82(103)90-69(76(97)32-25-41-110-43-42-109-15)38-40-80(101)113-55-65-30-23-18-24-31-65)91-84(105)73(46-58(5)6)93-86(107)75(48-60(9)10)95-87(108)74(47-59(7)8)94-85(106)72(45-57(3)4)92-83(104)67(52-81(102)114-88(12,13)14)51-78(99)71(89-61(11)96)49-62-33-36-68(37-34-62)111-53-63-26-19-16-20-27-63/h16-24,26-31,33-34,36-37,56-60,66-67,69-75H,25,32,35,38-55H2,1-15H3,(H,89,96)(H,90,103)(H,91,105)(H,92,104)(H,93,107)(H,94,106)(H,95,108)/t66-,67+,69-,70-,71+,72-,73-,74-,75-/m1/s1. The summed E-state index contributed by atoms with van der Waals surface area (Å²) >= 11 is 0. The van der Waals surface area contributed by atoms with Gasteiger partial charge in [0.05, 0.1) is 43.7 Å². The van der Waals surface area contributed by atoms with Crippen molar-refractivity contribution >= 4 is 76.6 Å². The van der Waals surface area contributed by atoms with Crippen molar-refractivity contribution in [3.8, 4) is 5.75 Å². The summed E-state index contributed by atoms with van der Waals surface area (Å²) in [6.45, 7) is 25.6. The van der Waals surface area contributed by atoms with E-state index in [0.717, 1.165) is 11.1 Å². The van der Waals surface area contributed by atoms with Crippen LogP contribution in [0.15, 0.2) is 115 Å². The van der Waals surface area contributed by atoms with E-state index in [-0.39, 0.29) is 126 Å². The number of ether oxygens (including phenoxy) is 6. The molecular formula is C88H127N7O19. The summed E-state index contributed by atoms with van der Waals surface area (Å²) in [7, 11) is 1.53. The molecule has 0 unspecified atom stereocenters. The number of benzene rings is 4. The van der Waals surface area contributed by atoms with Crippen LogP contribution in [0.5, 0.6) is 5.75 Å². The number of methoxy groups -OCH3 is 1. The van der Waals surface area contributed by atoms with Crippen molar-refractivity contribution in [3.05, 3.63) is 138 Å². The number of Topliss-reactive ketones (excluding diaryl/α,β-unsaturated/α-hetero) is 3. The molecule has 7 amide bonds. The van der Waals surface area contributed by atoms with Crippen molar-refractivity contribution in [1.82, 2.24) is 37.2 Å². The van der Waals surface area contributed by atoms with Crippen molar-refractivity contribution in [2.75, 3.05) is 26.9 Å². The maximum atomic E-state index is 14.9. The zero-order valence-electron chi connectivity index (χ0n) is 69.7. The monoisotopic (exact) mass is 1590 g/mol. The van der Waals surface area contributed by atoms with Gasteiger partial charge in [-0.05, 0) is 143 Å². The minimum atomic E-state index is -1.40. The van der Waals surface area contributed by atoms with E-state index in [1.165, 1.54) is 14.0 Å². The molecular weight excluding hydrogens is 1460 g/mol. The molecule has 628 valence electrons. The van der Waals surface area contributed by atoms with E-state index >= 15 is 0 Å². The van der Waals surface area contributed by atoms with Crippen LogP contribution < -0.4 is 42.0 Å². The molecule has 9 atom stereocenters. The smallest absolute Gasteiger partial charge is 0.307 e. The Morgan fingerprint density at radius 1 is 0.360 bits per heavy atom. The molecule has 0 heterocycles. The topological polar surface area (TPSA) is 361 Å². The molecule has 0 fully saturated rings. The fourth-order valence-corrected chi connectivity index (χ4v) is 12.6. The van der Waals surface area contributed by atoms with E-state index in [0.29, 0.717) is 36.7 Å². The Morgan fingerprint density at radius 3 is 1.18 bits per heavy atom. The number of carbonyl (C=O) groups excluding carboxylic acids is 13. The maximum Gasteiger partial charge on any atom is 0.307 e. The van der Waals surface area contributed by atoms with Crippen LogP contribution in [0.25, 0.3) is 0 Å². The maximum absolute atomic E-state index is 14.9.